The zero-order valence-electron chi connectivity index (χ0n) is 19.3. The number of carbonyl (C=O) groups is 1. The lowest BCUT2D eigenvalue weighted by Gasteiger charge is -2.42. The molecule has 0 aliphatic carbocycles. The fraction of sp³-hybridized carbons (Fsp3) is 0.333. The molecule has 1 aliphatic heterocycles. The molecule has 0 atom stereocenters. The van der Waals surface area contributed by atoms with Gasteiger partial charge in [-0.3, -0.25) is 4.79 Å². The standard InChI is InChI=1S/C27H28F3N3O2/c28-27(29,30)22-10-5-4-7-20(22)12-16-33-17-13-26(14-18-33,21-8-2-1-3-9-21)19-32-25(35)24-23(34)11-6-15-31-24/h1-11,15,34H,12-14,16-19H2,(H,32,35). The molecule has 0 bridgehead atoms. The number of piperidine rings is 1. The summed E-state index contributed by atoms with van der Waals surface area (Å²) in [6, 6.07) is 18.7. The Balaban J connectivity index is 1.43. The highest BCUT2D eigenvalue weighted by Crippen LogP contribution is 2.36. The minimum absolute atomic E-state index is 0.0172. The lowest BCUT2D eigenvalue weighted by molar-refractivity contribution is -0.138. The van der Waals surface area contributed by atoms with Crippen LogP contribution in [0.15, 0.2) is 72.9 Å². The minimum atomic E-state index is -4.36. The van der Waals surface area contributed by atoms with E-state index in [4.69, 9.17) is 0 Å². The van der Waals surface area contributed by atoms with Gasteiger partial charge in [-0.05, 0) is 61.7 Å². The van der Waals surface area contributed by atoms with E-state index in [1.54, 1.807) is 18.2 Å². The van der Waals surface area contributed by atoms with Crippen LogP contribution in [0.4, 0.5) is 13.2 Å². The van der Waals surface area contributed by atoms with Crippen LogP contribution in [0, 0.1) is 0 Å². The second kappa shape index (κ2) is 10.5. The number of nitrogens with zero attached hydrogens (tertiary/aromatic N) is 2. The Morgan fingerprint density at radius 2 is 1.69 bits per heavy atom. The zero-order valence-corrected chi connectivity index (χ0v) is 19.3. The summed E-state index contributed by atoms with van der Waals surface area (Å²) in [5, 5.41) is 12.9. The predicted octanol–water partition coefficient (Wildman–Crippen LogP) is 4.81. The number of likely N-dealkylation sites (tertiary alicyclic amines) is 1. The third-order valence-corrected chi connectivity index (χ3v) is 6.81. The van der Waals surface area contributed by atoms with E-state index in [-0.39, 0.29) is 16.9 Å². The van der Waals surface area contributed by atoms with Crippen molar-refractivity contribution >= 4 is 5.91 Å². The van der Waals surface area contributed by atoms with Crippen LogP contribution in [0.5, 0.6) is 5.75 Å². The summed E-state index contributed by atoms with van der Waals surface area (Å²) in [5.74, 6) is -0.614. The molecular weight excluding hydrogens is 455 g/mol. The number of alkyl halides is 3. The highest BCUT2D eigenvalue weighted by atomic mass is 19.4. The van der Waals surface area contributed by atoms with Crippen LogP contribution in [-0.4, -0.2) is 47.1 Å². The Bertz CT molecular complexity index is 1140. The van der Waals surface area contributed by atoms with Crippen molar-refractivity contribution in [2.24, 2.45) is 0 Å². The van der Waals surface area contributed by atoms with Gasteiger partial charge in [-0.25, -0.2) is 4.98 Å². The Labute approximate surface area is 202 Å². The van der Waals surface area contributed by atoms with Crippen molar-refractivity contribution in [3.8, 4) is 5.75 Å². The number of aromatic nitrogens is 1. The van der Waals surface area contributed by atoms with Gasteiger partial charge in [0.05, 0.1) is 5.56 Å². The van der Waals surface area contributed by atoms with Gasteiger partial charge in [-0.1, -0.05) is 48.5 Å². The Morgan fingerprint density at radius 1 is 1.00 bits per heavy atom. The highest BCUT2D eigenvalue weighted by Gasteiger charge is 2.37. The smallest absolute Gasteiger partial charge is 0.416 e. The molecular formula is C27H28F3N3O2. The molecule has 2 aromatic carbocycles. The predicted molar refractivity (Wildman–Crippen MR) is 127 cm³/mol. The number of amides is 1. The average Bonchev–Trinajstić information content (AvgIpc) is 2.87. The van der Waals surface area contributed by atoms with E-state index in [2.05, 4.69) is 15.2 Å². The topological polar surface area (TPSA) is 65.5 Å². The number of nitrogens with one attached hydrogen (secondary N) is 1. The number of carbonyl (C=O) groups excluding carboxylic acids is 1. The number of pyridine rings is 1. The molecule has 3 aromatic rings. The molecule has 2 N–H and O–H groups in total. The second-order valence-corrected chi connectivity index (χ2v) is 8.95. The Morgan fingerprint density at radius 3 is 2.37 bits per heavy atom. The first-order valence-corrected chi connectivity index (χ1v) is 11.6. The van der Waals surface area contributed by atoms with Gasteiger partial charge in [0.15, 0.2) is 5.69 Å². The van der Waals surface area contributed by atoms with Crippen LogP contribution < -0.4 is 5.32 Å². The molecule has 1 aromatic heterocycles. The van der Waals surface area contributed by atoms with Crippen molar-refractivity contribution in [2.45, 2.75) is 30.9 Å². The van der Waals surface area contributed by atoms with Crippen molar-refractivity contribution in [3.05, 3.63) is 95.3 Å². The summed E-state index contributed by atoms with van der Waals surface area (Å²) in [4.78, 5) is 18.8. The molecule has 184 valence electrons. The molecule has 0 spiro atoms. The maximum Gasteiger partial charge on any atom is 0.416 e. The van der Waals surface area contributed by atoms with Crippen molar-refractivity contribution in [1.29, 1.82) is 0 Å². The monoisotopic (exact) mass is 483 g/mol. The Hall–Kier alpha value is -3.39. The Kier molecular flexibility index (Phi) is 7.40. The van der Waals surface area contributed by atoms with E-state index in [0.29, 0.717) is 38.2 Å². The van der Waals surface area contributed by atoms with E-state index >= 15 is 0 Å². The summed E-state index contributed by atoms with van der Waals surface area (Å²) in [6.07, 6.45) is -1.10. The van der Waals surface area contributed by atoms with Gasteiger partial charge < -0.3 is 15.3 Å². The fourth-order valence-electron chi connectivity index (χ4n) is 4.76. The summed E-state index contributed by atoms with van der Waals surface area (Å²) in [7, 11) is 0. The van der Waals surface area contributed by atoms with Gasteiger partial charge in [0.2, 0.25) is 0 Å². The third kappa shape index (κ3) is 5.82. The van der Waals surface area contributed by atoms with Crippen molar-refractivity contribution in [3.63, 3.8) is 0 Å². The molecule has 1 fully saturated rings. The number of rotatable bonds is 7. The minimum Gasteiger partial charge on any atom is -0.505 e. The largest absolute Gasteiger partial charge is 0.505 e. The van der Waals surface area contributed by atoms with Gasteiger partial charge in [0, 0.05) is 24.7 Å². The van der Waals surface area contributed by atoms with Gasteiger partial charge in [0.1, 0.15) is 5.75 Å². The number of benzene rings is 2. The highest BCUT2D eigenvalue weighted by molar-refractivity contribution is 5.94. The molecule has 1 amide bonds. The zero-order chi connectivity index (χ0) is 24.9. The van der Waals surface area contributed by atoms with Gasteiger partial charge in [-0.2, -0.15) is 13.2 Å². The second-order valence-electron chi connectivity index (χ2n) is 8.95. The van der Waals surface area contributed by atoms with E-state index in [0.717, 1.165) is 24.5 Å². The van der Waals surface area contributed by atoms with Gasteiger partial charge >= 0.3 is 6.18 Å². The van der Waals surface area contributed by atoms with Crippen LogP contribution in [0.2, 0.25) is 0 Å². The summed E-state index contributed by atoms with van der Waals surface area (Å²) in [6.45, 7) is 2.31. The number of halogens is 3. The number of hydrogen-bond acceptors (Lipinski definition) is 4. The van der Waals surface area contributed by atoms with Crippen LogP contribution in [-0.2, 0) is 18.0 Å². The fourth-order valence-corrected chi connectivity index (χ4v) is 4.76. The first-order chi connectivity index (χ1) is 16.8. The molecule has 0 saturated carbocycles. The van der Waals surface area contributed by atoms with Crippen LogP contribution in [0.25, 0.3) is 0 Å². The molecule has 1 aliphatic rings. The van der Waals surface area contributed by atoms with E-state index in [1.165, 1.54) is 18.3 Å². The molecule has 0 unspecified atom stereocenters. The number of aromatic hydroxyl groups is 1. The normalized spacial score (nSPS) is 16.1. The molecule has 0 radical (unpaired) electrons. The maximum atomic E-state index is 13.3. The first kappa shape index (κ1) is 24.7. The van der Waals surface area contributed by atoms with Gasteiger partial charge in [0.25, 0.3) is 5.91 Å². The molecule has 35 heavy (non-hydrogen) atoms. The summed E-state index contributed by atoms with van der Waals surface area (Å²) in [5.41, 5.74) is 0.504. The van der Waals surface area contributed by atoms with Crippen molar-refractivity contribution < 1.29 is 23.1 Å². The summed E-state index contributed by atoms with van der Waals surface area (Å²) < 4.78 is 40.0. The molecule has 8 heteroatoms. The van der Waals surface area contributed by atoms with Crippen molar-refractivity contribution in [1.82, 2.24) is 15.2 Å². The summed E-state index contributed by atoms with van der Waals surface area (Å²) >= 11 is 0. The first-order valence-electron chi connectivity index (χ1n) is 11.6. The number of hydrogen-bond donors (Lipinski definition) is 2. The van der Waals surface area contributed by atoms with Crippen LogP contribution in [0.1, 0.15) is 40.0 Å². The van der Waals surface area contributed by atoms with Gasteiger partial charge in [-0.15, -0.1) is 0 Å². The van der Waals surface area contributed by atoms with Crippen LogP contribution >= 0.6 is 0 Å². The molecule has 1 saturated heterocycles. The van der Waals surface area contributed by atoms with E-state index in [9.17, 15) is 23.1 Å². The van der Waals surface area contributed by atoms with E-state index in [1.807, 2.05) is 30.3 Å². The molecule has 4 rings (SSSR count). The van der Waals surface area contributed by atoms with E-state index < -0.39 is 17.6 Å². The van der Waals surface area contributed by atoms with Crippen molar-refractivity contribution in [2.75, 3.05) is 26.2 Å². The lowest BCUT2D eigenvalue weighted by Crippen LogP contribution is -2.49. The SMILES string of the molecule is O=C(NCC1(c2ccccc2)CCN(CCc2ccccc2C(F)(F)F)CC1)c1ncccc1O. The maximum absolute atomic E-state index is 13.3. The van der Waals surface area contributed by atoms with Crippen LogP contribution in [0.3, 0.4) is 0 Å². The lowest BCUT2D eigenvalue weighted by atomic mass is 9.72. The average molecular weight is 484 g/mol. The quantitative estimate of drug-likeness (QED) is 0.506. The molecule has 5 nitrogen and oxygen atoms in total. The molecule has 2 heterocycles. The third-order valence-electron chi connectivity index (χ3n) is 6.81.